The van der Waals surface area contributed by atoms with E-state index in [1.54, 1.807) is 6.08 Å². The molecule has 7 unspecified atom stereocenters. The summed E-state index contributed by atoms with van der Waals surface area (Å²) in [7, 11) is 0. The average Bonchev–Trinajstić information content (AvgIpc) is 3.42. The van der Waals surface area contributed by atoms with Gasteiger partial charge in [0.15, 0.2) is 6.29 Å². The second-order valence-electron chi connectivity index (χ2n) is 22.2. The summed E-state index contributed by atoms with van der Waals surface area (Å²) in [5.41, 5.74) is 0. The zero-order valence-corrected chi connectivity index (χ0v) is 49.3. The number of hydrogen-bond acceptors (Lipinski definition) is 8. The van der Waals surface area contributed by atoms with Crippen LogP contribution in [0.25, 0.3) is 0 Å². The Bertz CT molecular complexity index is 1420. The first-order chi connectivity index (χ1) is 37.3. The van der Waals surface area contributed by atoms with Crippen molar-refractivity contribution < 1.29 is 39.8 Å². The maximum atomic E-state index is 13.1. The van der Waals surface area contributed by atoms with E-state index < -0.39 is 49.5 Å². The molecule has 0 radical (unpaired) electrons. The highest BCUT2D eigenvalue weighted by Crippen LogP contribution is 2.23. The van der Waals surface area contributed by atoms with E-state index in [0.717, 1.165) is 57.8 Å². The van der Waals surface area contributed by atoms with Crippen molar-refractivity contribution in [2.45, 2.75) is 333 Å². The fourth-order valence-electron chi connectivity index (χ4n) is 9.90. The van der Waals surface area contributed by atoms with E-state index in [2.05, 4.69) is 79.9 Å². The lowest BCUT2D eigenvalue weighted by Crippen LogP contribution is -2.60. The van der Waals surface area contributed by atoms with Crippen LogP contribution in [0.15, 0.2) is 72.9 Å². The third kappa shape index (κ3) is 44.5. The van der Waals surface area contributed by atoms with E-state index in [1.807, 2.05) is 6.08 Å². The Kier molecular flexibility index (Phi) is 52.7. The van der Waals surface area contributed by atoms with Gasteiger partial charge >= 0.3 is 0 Å². The van der Waals surface area contributed by atoms with Crippen LogP contribution in [0.5, 0.6) is 0 Å². The zero-order valence-electron chi connectivity index (χ0n) is 49.3. The summed E-state index contributed by atoms with van der Waals surface area (Å²) < 4.78 is 11.3. The molecule has 1 saturated heterocycles. The number of carbonyl (C=O) groups excluding carboxylic acids is 1. The fourth-order valence-corrected chi connectivity index (χ4v) is 9.90. The van der Waals surface area contributed by atoms with Gasteiger partial charge in [-0.3, -0.25) is 4.79 Å². The number of amides is 1. The molecule has 1 rings (SSSR count). The Morgan fingerprint density at radius 1 is 0.447 bits per heavy atom. The van der Waals surface area contributed by atoms with Crippen LogP contribution in [0.4, 0.5) is 0 Å². The number of aliphatic hydroxyl groups is 5. The molecule has 1 amide bonds. The standard InChI is InChI=1S/C67H121NO8/c1-3-5-7-9-11-13-15-17-19-21-23-25-26-27-28-29-30-31-32-33-34-35-36-37-39-41-43-45-47-49-51-53-55-57-63(71)68-60(59-75-67-66(74)65(73)64(72)62(58-69)76-67)61(70)56-54-52-50-48-46-44-42-40-38-24-22-20-18-16-14-12-10-8-6-4-2/h15,17,21,23,26-27,38,40,46,48,54,56,60-62,64-67,69-70,72-74H,3-14,16,18-20,22,24-25,28-37,39,41-45,47,49-53,55,57-59H2,1-2H3,(H,68,71)/b17-15-,23-21-,27-26-,40-38+,48-46+,56-54+. The molecule has 1 aliphatic rings. The van der Waals surface area contributed by atoms with E-state index in [0.29, 0.717) is 6.42 Å². The molecule has 1 fully saturated rings. The topological polar surface area (TPSA) is 149 Å². The average molecular weight is 1070 g/mol. The highest BCUT2D eigenvalue weighted by Gasteiger charge is 2.44. The minimum atomic E-state index is -1.58. The Balaban J connectivity index is 2.17. The molecule has 9 nitrogen and oxygen atoms in total. The van der Waals surface area contributed by atoms with Gasteiger partial charge in [-0.05, 0) is 83.5 Å². The van der Waals surface area contributed by atoms with Gasteiger partial charge in [0.1, 0.15) is 24.4 Å². The maximum absolute atomic E-state index is 13.1. The zero-order chi connectivity index (χ0) is 55.0. The number of hydrogen-bond donors (Lipinski definition) is 6. The Morgan fingerprint density at radius 2 is 0.789 bits per heavy atom. The van der Waals surface area contributed by atoms with Crippen molar-refractivity contribution in [2.75, 3.05) is 13.2 Å². The van der Waals surface area contributed by atoms with E-state index in [9.17, 15) is 30.3 Å². The van der Waals surface area contributed by atoms with Crippen molar-refractivity contribution in [1.29, 1.82) is 0 Å². The fraction of sp³-hybridized carbons (Fsp3) is 0.806. The number of carbonyl (C=O) groups is 1. The molecular formula is C67H121NO8. The van der Waals surface area contributed by atoms with Crippen LogP contribution in [0.2, 0.25) is 0 Å². The molecule has 9 heteroatoms. The van der Waals surface area contributed by atoms with Crippen LogP contribution in [0.3, 0.4) is 0 Å². The number of nitrogens with one attached hydrogen (secondary N) is 1. The first-order valence-corrected chi connectivity index (χ1v) is 32.2. The molecule has 0 aromatic rings. The quantitative estimate of drug-likeness (QED) is 0.0261. The lowest BCUT2D eigenvalue weighted by Gasteiger charge is -2.40. The molecule has 0 spiro atoms. The molecule has 1 aliphatic heterocycles. The van der Waals surface area contributed by atoms with Gasteiger partial charge in [-0.2, -0.15) is 0 Å². The van der Waals surface area contributed by atoms with Crippen LogP contribution in [-0.2, 0) is 14.3 Å². The monoisotopic (exact) mass is 1070 g/mol. The Hall–Kier alpha value is -2.37. The normalized spacial score (nSPS) is 19.3. The lowest BCUT2D eigenvalue weighted by molar-refractivity contribution is -0.302. The van der Waals surface area contributed by atoms with E-state index in [1.165, 1.54) is 212 Å². The summed E-state index contributed by atoms with van der Waals surface area (Å²) in [6.45, 7) is 3.77. The third-order valence-electron chi connectivity index (χ3n) is 15.0. The number of allylic oxidation sites excluding steroid dienone is 11. The first-order valence-electron chi connectivity index (χ1n) is 32.2. The van der Waals surface area contributed by atoms with E-state index in [4.69, 9.17) is 9.47 Å². The van der Waals surface area contributed by atoms with Gasteiger partial charge in [-0.25, -0.2) is 0 Å². The SMILES string of the molecule is CCCCCCC/C=C\C/C=C\C/C=C\CCCCCCCCCCCCCCCCCCCCC(=O)NC(COC1OC(CO)C(O)C(O)C1O)C(O)/C=C/CC/C=C/CC/C=C/CCCCCCCCCCCC. The number of rotatable bonds is 55. The van der Waals surface area contributed by atoms with Gasteiger partial charge in [0, 0.05) is 6.42 Å². The molecule has 0 bridgehead atoms. The van der Waals surface area contributed by atoms with Crippen LogP contribution in [0.1, 0.15) is 290 Å². The van der Waals surface area contributed by atoms with Crippen molar-refractivity contribution >= 4 is 5.91 Å². The van der Waals surface area contributed by atoms with Gasteiger partial charge in [0.2, 0.25) is 5.91 Å². The minimum Gasteiger partial charge on any atom is -0.394 e. The van der Waals surface area contributed by atoms with Crippen molar-refractivity contribution in [1.82, 2.24) is 5.32 Å². The highest BCUT2D eigenvalue weighted by molar-refractivity contribution is 5.76. The molecular weight excluding hydrogens is 947 g/mol. The smallest absolute Gasteiger partial charge is 0.220 e. The molecule has 442 valence electrons. The molecule has 7 atom stereocenters. The van der Waals surface area contributed by atoms with Gasteiger partial charge in [-0.1, -0.05) is 273 Å². The predicted octanol–water partition coefficient (Wildman–Crippen LogP) is 16.8. The molecule has 0 aromatic carbocycles. The molecule has 76 heavy (non-hydrogen) atoms. The molecule has 0 aromatic heterocycles. The molecule has 1 heterocycles. The van der Waals surface area contributed by atoms with Crippen molar-refractivity contribution in [3.05, 3.63) is 72.9 Å². The predicted molar refractivity (Wildman–Crippen MR) is 322 cm³/mol. The van der Waals surface area contributed by atoms with Crippen LogP contribution < -0.4 is 5.32 Å². The third-order valence-corrected chi connectivity index (χ3v) is 15.0. The van der Waals surface area contributed by atoms with E-state index >= 15 is 0 Å². The molecule has 0 aliphatic carbocycles. The van der Waals surface area contributed by atoms with Crippen LogP contribution in [-0.4, -0.2) is 87.5 Å². The first kappa shape index (κ1) is 71.6. The van der Waals surface area contributed by atoms with Gasteiger partial charge in [0.05, 0.1) is 25.4 Å². The molecule has 0 saturated carbocycles. The number of ether oxygens (including phenoxy) is 2. The largest absolute Gasteiger partial charge is 0.394 e. The highest BCUT2D eigenvalue weighted by atomic mass is 16.7. The number of unbranched alkanes of at least 4 members (excludes halogenated alkanes) is 35. The van der Waals surface area contributed by atoms with E-state index in [-0.39, 0.29) is 12.5 Å². The summed E-state index contributed by atoms with van der Waals surface area (Å²) in [5, 5.41) is 54.6. The summed E-state index contributed by atoms with van der Waals surface area (Å²) in [4.78, 5) is 13.1. The van der Waals surface area contributed by atoms with Crippen molar-refractivity contribution in [3.8, 4) is 0 Å². The summed E-state index contributed by atoms with van der Waals surface area (Å²) in [6.07, 6.45) is 71.3. The second-order valence-corrected chi connectivity index (χ2v) is 22.2. The van der Waals surface area contributed by atoms with Crippen LogP contribution in [0, 0.1) is 0 Å². The summed E-state index contributed by atoms with van der Waals surface area (Å²) >= 11 is 0. The van der Waals surface area contributed by atoms with Crippen molar-refractivity contribution in [2.24, 2.45) is 0 Å². The second kappa shape index (κ2) is 55.9. The number of aliphatic hydroxyl groups excluding tert-OH is 5. The lowest BCUT2D eigenvalue weighted by atomic mass is 9.99. The van der Waals surface area contributed by atoms with Crippen LogP contribution >= 0.6 is 0 Å². The minimum absolute atomic E-state index is 0.189. The Morgan fingerprint density at radius 3 is 1.20 bits per heavy atom. The van der Waals surface area contributed by atoms with Gasteiger partial charge in [-0.15, -0.1) is 0 Å². The maximum Gasteiger partial charge on any atom is 0.220 e. The summed E-state index contributed by atoms with van der Waals surface area (Å²) in [6, 6.07) is -0.831. The van der Waals surface area contributed by atoms with Crippen molar-refractivity contribution in [3.63, 3.8) is 0 Å². The molecule has 6 N–H and O–H groups in total. The van der Waals surface area contributed by atoms with Gasteiger partial charge in [0.25, 0.3) is 0 Å². The van der Waals surface area contributed by atoms with Gasteiger partial charge < -0.3 is 40.3 Å². The Labute approximate surface area is 468 Å². The summed E-state index contributed by atoms with van der Waals surface area (Å²) in [5.74, 6) is -0.189.